The van der Waals surface area contributed by atoms with Crippen LogP contribution >= 0.6 is 0 Å². The van der Waals surface area contributed by atoms with Crippen molar-refractivity contribution in [1.82, 2.24) is 4.57 Å². The standard InChI is InChI=1S/C25H30FNO2/c1-5-29-25(28)21(13-11-17(2)3)24-18(4)27(16-19-9-7-6-8-10-19)23-14-12-20(26)15-22(23)24/h6-10,12,14-15,17,21H,5,11,13,16H2,1-4H3/t21-/m1/s1. The Morgan fingerprint density at radius 2 is 1.83 bits per heavy atom. The van der Waals surface area contributed by atoms with Gasteiger partial charge in [-0.25, -0.2) is 4.39 Å². The van der Waals surface area contributed by atoms with Gasteiger partial charge in [-0.05, 0) is 61.9 Å². The van der Waals surface area contributed by atoms with Crippen LogP contribution in [0.1, 0.15) is 56.4 Å². The number of carbonyl (C=O) groups excluding carboxylic acids is 1. The van der Waals surface area contributed by atoms with Gasteiger partial charge in [0.1, 0.15) is 5.82 Å². The maximum absolute atomic E-state index is 14.2. The summed E-state index contributed by atoms with van der Waals surface area (Å²) >= 11 is 0. The summed E-state index contributed by atoms with van der Waals surface area (Å²) < 4.78 is 21.8. The molecule has 0 aliphatic heterocycles. The molecule has 1 heterocycles. The number of nitrogens with zero attached hydrogens (tertiary/aromatic N) is 1. The lowest BCUT2D eigenvalue weighted by atomic mass is 9.89. The average Bonchev–Trinajstić information content (AvgIpc) is 2.94. The molecule has 0 unspecified atom stereocenters. The fourth-order valence-corrected chi connectivity index (χ4v) is 4.01. The van der Waals surface area contributed by atoms with Crippen LogP contribution in [-0.4, -0.2) is 17.1 Å². The van der Waals surface area contributed by atoms with Crippen molar-refractivity contribution >= 4 is 16.9 Å². The van der Waals surface area contributed by atoms with Crippen LogP contribution in [0.5, 0.6) is 0 Å². The van der Waals surface area contributed by atoms with E-state index >= 15 is 0 Å². The topological polar surface area (TPSA) is 31.2 Å². The summed E-state index contributed by atoms with van der Waals surface area (Å²) in [5.74, 6) is -0.429. The van der Waals surface area contributed by atoms with Crippen molar-refractivity contribution in [1.29, 1.82) is 0 Å². The Morgan fingerprint density at radius 1 is 1.10 bits per heavy atom. The molecule has 2 aromatic carbocycles. The van der Waals surface area contributed by atoms with Crippen LogP contribution in [0.25, 0.3) is 10.9 Å². The molecule has 1 aromatic heterocycles. The highest BCUT2D eigenvalue weighted by Crippen LogP contribution is 2.36. The second kappa shape index (κ2) is 9.25. The van der Waals surface area contributed by atoms with Crippen molar-refractivity contribution in [2.75, 3.05) is 6.61 Å². The van der Waals surface area contributed by atoms with Crippen LogP contribution in [0.15, 0.2) is 48.5 Å². The van der Waals surface area contributed by atoms with Crippen LogP contribution < -0.4 is 0 Å². The zero-order valence-electron chi connectivity index (χ0n) is 17.7. The molecule has 0 amide bonds. The first-order valence-corrected chi connectivity index (χ1v) is 10.4. The van der Waals surface area contributed by atoms with E-state index in [0.29, 0.717) is 25.5 Å². The highest BCUT2D eigenvalue weighted by molar-refractivity contribution is 5.92. The number of aromatic nitrogens is 1. The van der Waals surface area contributed by atoms with Gasteiger partial charge in [-0.15, -0.1) is 0 Å². The lowest BCUT2D eigenvalue weighted by Crippen LogP contribution is -2.18. The molecule has 3 nitrogen and oxygen atoms in total. The van der Waals surface area contributed by atoms with Crippen molar-refractivity contribution in [2.24, 2.45) is 5.92 Å². The third-order valence-electron chi connectivity index (χ3n) is 5.47. The van der Waals surface area contributed by atoms with E-state index in [0.717, 1.165) is 28.6 Å². The lowest BCUT2D eigenvalue weighted by molar-refractivity contribution is -0.145. The SMILES string of the molecule is CCOC(=O)[C@H](CCC(C)C)c1c(C)n(Cc2ccccc2)c2ccc(F)cc12. The van der Waals surface area contributed by atoms with Gasteiger partial charge >= 0.3 is 5.97 Å². The van der Waals surface area contributed by atoms with Crippen molar-refractivity contribution in [3.8, 4) is 0 Å². The van der Waals surface area contributed by atoms with Crippen LogP contribution in [0.4, 0.5) is 4.39 Å². The Hall–Kier alpha value is -2.62. The summed E-state index contributed by atoms with van der Waals surface area (Å²) in [5.41, 5.74) is 4.01. The molecule has 0 spiro atoms. The molecule has 0 radical (unpaired) electrons. The first-order chi connectivity index (χ1) is 13.9. The molecule has 0 saturated heterocycles. The van der Waals surface area contributed by atoms with Crippen LogP contribution in [0, 0.1) is 18.7 Å². The summed E-state index contributed by atoms with van der Waals surface area (Å²) in [6.45, 7) is 9.16. The van der Waals surface area contributed by atoms with E-state index in [1.165, 1.54) is 11.6 Å². The predicted molar refractivity (Wildman–Crippen MR) is 116 cm³/mol. The number of esters is 1. The van der Waals surface area contributed by atoms with E-state index in [9.17, 15) is 9.18 Å². The Bertz CT molecular complexity index is 975. The number of halogens is 1. The summed E-state index contributed by atoms with van der Waals surface area (Å²) in [7, 11) is 0. The van der Waals surface area contributed by atoms with Crippen LogP contribution in [0.2, 0.25) is 0 Å². The molecule has 0 aliphatic carbocycles. The third-order valence-corrected chi connectivity index (χ3v) is 5.47. The Morgan fingerprint density at radius 3 is 2.48 bits per heavy atom. The first kappa shape index (κ1) is 21.1. The van der Waals surface area contributed by atoms with Crippen LogP contribution in [-0.2, 0) is 16.1 Å². The van der Waals surface area contributed by atoms with Crippen molar-refractivity contribution in [2.45, 2.75) is 53.0 Å². The minimum Gasteiger partial charge on any atom is -0.466 e. The minimum absolute atomic E-state index is 0.223. The molecule has 1 atom stereocenters. The highest BCUT2D eigenvalue weighted by atomic mass is 19.1. The molecule has 0 fully saturated rings. The normalized spacial score (nSPS) is 12.5. The second-order valence-electron chi connectivity index (χ2n) is 8.01. The molecule has 154 valence electrons. The van der Waals surface area contributed by atoms with Gasteiger partial charge in [-0.3, -0.25) is 4.79 Å². The van der Waals surface area contributed by atoms with Crippen LogP contribution in [0.3, 0.4) is 0 Å². The number of fused-ring (bicyclic) bond motifs is 1. The lowest BCUT2D eigenvalue weighted by Gasteiger charge is -2.18. The third kappa shape index (κ3) is 4.69. The number of benzene rings is 2. The van der Waals surface area contributed by atoms with Crippen molar-refractivity contribution in [3.05, 3.63) is 71.2 Å². The molecule has 3 aromatic rings. The number of rotatable bonds is 8. The van der Waals surface area contributed by atoms with E-state index in [-0.39, 0.29) is 11.8 Å². The summed E-state index contributed by atoms with van der Waals surface area (Å²) in [6, 6.07) is 15.0. The Balaban J connectivity index is 2.15. The Kier molecular flexibility index (Phi) is 6.73. The van der Waals surface area contributed by atoms with Crippen molar-refractivity contribution < 1.29 is 13.9 Å². The molecule has 0 aliphatic rings. The molecule has 0 bridgehead atoms. The predicted octanol–water partition coefficient (Wildman–Crippen LogP) is 6.22. The summed E-state index contributed by atoms with van der Waals surface area (Å²) in [6.07, 6.45) is 1.60. The largest absolute Gasteiger partial charge is 0.466 e. The minimum atomic E-state index is -0.390. The summed E-state index contributed by atoms with van der Waals surface area (Å²) in [4.78, 5) is 12.9. The monoisotopic (exact) mass is 395 g/mol. The van der Waals surface area contributed by atoms with Gasteiger partial charge in [-0.1, -0.05) is 44.2 Å². The number of ether oxygens (including phenoxy) is 1. The summed E-state index contributed by atoms with van der Waals surface area (Å²) in [5, 5.41) is 0.806. The smallest absolute Gasteiger partial charge is 0.313 e. The molecular weight excluding hydrogens is 365 g/mol. The van der Waals surface area contributed by atoms with E-state index < -0.39 is 5.92 Å². The second-order valence-corrected chi connectivity index (χ2v) is 8.01. The highest BCUT2D eigenvalue weighted by Gasteiger charge is 2.29. The van der Waals surface area contributed by atoms with E-state index in [1.807, 2.05) is 38.1 Å². The van der Waals surface area contributed by atoms with Gasteiger partial charge in [0.2, 0.25) is 0 Å². The maximum Gasteiger partial charge on any atom is 0.313 e. The molecular formula is C25H30FNO2. The average molecular weight is 396 g/mol. The van der Waals surface area contributed by atoms with E-state index in [2.05, 4.69) is 30.5 Å². The molecule has 3 rings (SSSR count). The molecule has 4 heteroatoms. The fraction of sp³-hybridized carbons (Fsp3) is 0.400. The van der Waals surface area contributed by atoms with Crippen molar-refractivity contribution in [3.63, 3.8) is 0 Å². The first-order valence-electron chi connectivity index (χ1n) is 10.4. The zero-order chi connectivity index (χ0) is 21.0. The number of hydrogen-bond donors (Lipinski definition) is 0. The van der Waals surface area contributed by atoms with Gasteiger partial charge in [0.15, 0.2) is 0 Å². The van der Waals surface area contributed by atoms with E-state index in [1.54, 1.807) is 6.07 Å². The van der Waals surface area contributed by atoms with Gasteiger partial charge in [0.25, 0.3) is 0 Å². The van der Waals surface area contributed by atoms with Gasteiger partial charge < -0.3 is 9.30 Å². The van der Waals surface area contributed by atoms with Gasteiger partial charge in [-0.2, -0.15) is 0 Å². The Labute approximate surface area is 172 Å². The molecule has 29 heavy (non-hydrogen) atoms. The van der Waals surface area contributed by atoms with E-state index in [4.69, 9.17) is 4.74 Å². The molecule has 0 saturated carbocycles. The quantitative estimate of drug-likeness (QED) is 0.424. The number of hydrogen-bond acceptors (Lipinski definition) is 2. The molecule has 0 N–H and O–H groups in total. The number of carbonyl (C=O) groups is 1. The zero-order valence-corrected chi connectivity index (χ0v) is 17.7. The van der Waals surface area contributed by atoms with Gasteiger partial charge in [0.05, 0.1) is 12.5 Å². The maximum atomic E-state index is 14.2. The fourth-order valence-electron chi connectivity index (χ4n) is 4.01. The van der Waals surface area contributed by atoms with Gasteiger partial charge in [0, 0.05) is 23.1 Å².